The molecule has 10 aromatic rings. The smallest absolute Gasteiger partial charge is 0.246 e. The van der Waals surface area contributed by atoms with Crippen molar-refractivity contribution >= 4 is 90.6 Å². The maximum absolute atomic E-state index is 16.0. The lowest BCUT2D eigenvalue weighted by atomic mass is 10.1. The summed E-state index contributed by atoms with van der Waals surface area (Å²) in [5, 5.41) is 14.9. The summed E-state index contributed by atoms with van der Waals surface area (Å²) in [6, 6.07) is 22.9. The third-order valence-corrected chi connectivity index (χ3v) is 14.4. The number of aromatic nitrogens is 11. The molecule has 12 rings (SSSR count). The fraction of sp³-hybridized carbons (Fsp3) is 0.224. The van der Waals surface area contributed by atoms with E-state index in [0.717, 1.165) is 28.0 Å². The zero-order chi connectivity index (χ0) is 56.6. The minimum atomic E-state index is -0.563. The number of piperazine rings is 2. The molecule has 22 nitrogen and oxygen atoms in total. The number of ether oxygens (including phenoxy) is 3. The van der Waals surface area contributed by atoms with Gasteiger partial charge in [0.1, 0.15) is 69.3 Å². The highest BCUT2D eigenvalue weighted by Crippen LogP contribution is 2.39. The van der Waals surface area contributed by atoms with Crippen molar-refractivity contribution in [3.8, 4) is 28.7 Å². The number of nitrogens with zero attached hydrogens (tertiary/aromatic N) is 15. The third-order valence-electron chi connectivity index (χ3n) is 14.4. The number of methoxy groups -OCH3 is 1. The number of carbonyl (C=O) groups excluding carboxylic acids is 2. The molecule has 0 unspecified atom stereocenters. The fourth-order valence-electron chi connectivity index (χ4n) is 10.1. The highest BCUT2D eigenvalue weighted by Gasteiger charge is 2.26. The molecule has 6 aromatic heterocycles. The predicted octanol–water partition coefficient (Wildman–Crippen LogP) is 8.71. The number of pyridine rings is 2. The van der Waals surface area contributed by atoms with Crippen molar-refractivity contribution in [2.45, 2.75) is 20.4 Å². The van der Waals surface area contributed by atoms with Crippen LogP contribution >= 0.6 is 0 Å². The Labute approximate surface area is 467 Å². The molecule has 24 heteroatoms. The number of benzene rings is 4. The van der Waals surface area contributed by atoms with E-state index >= 15 is 8.78 Å². The molecule has 82 heavy (non-hydrogen) atoms. The Morgan fingerprint density at radius 2 is 1.37 bits per heavy atom. The molecule has 2 N–H and O–H groups in total. The van der Waals surface area contributed by atoms with E-state index in [-0.39, 0.29) is 35.4 Å². The van der Waals surface area contributed by atoms with Crippen LogP contribution < -0.4 is 34.6 Å². The fourth-order valence-corrected chi connectivity index (χ4v) is 10.1. The lowest BCUT2D eigenvalue weighted by Crippen LogP contribution is -2.48. The third kappa shape index (κ3) is 10.5. The zero-order valence-electron chi connectivity index (χ0n) is 45.0. The number of imidazole rings is 1. The van der Waals surface area contributed by atoms with E-state index in [4.69, 9.17) is 24.2 Å². The molecule has 4 aromatic carbocycles. The van der Waals surface area contributed by atoms with Crippen LogP contribution in [0.4, 0.5) is 43.4 Å². The minimum absolute atomic E-state index is 0.0920. The van der Waals surface area contributed by atoms with Crippen LogP contribution in [0.5, 0.6) is 28.7 Å². The molecule has 0 spiro atoms. The number of hydrogen-bond donors (Lipinski definition) is 2. The first-order valence-corrected chi connectivity index (χ1v) is 26.3. The number of fused-ring (bicyclic) bond motifs is 4. The highest BCUT2D eigenvalue weighted by molar-refractivity contribution is 5.91. The molecule has 0 aliphatic carbocycles. The maximum Gasteiger partial charge on any atom is 0.246 e. The molecule has 2 fully saturated rings. The molecule has 2 aliphatic rings. The van der Waals surface area contributed by atoms with E-state index in [0.29, 0.717) is 126 Å². The average molecular weight is 1110 g/mol. The quantitative estimate of drug-likeness (QED) is 0.0916. The number of hydrogen-bond acceptors (Lipinski definition) is 18. The Hall–Kier alpha value is -10.4. The molecule has 2 saturated heterocycles. The second kappa shape index (κ2) is 22.0. The minimum Gasteiger partial charge on any atom is -0.494 e. The average Bonchev–Trinajstić information content (AvgIpc) is 4.16. The normalized spacial score (nSPS) is 13.9. The SMILES string of the molecule is C=CC(=O)N1CCN(c2ccc3ncnc(Nc4cc(C)c(Oc5cc(F)c6c(c5)ncn6C/C=C/C(=O)N5CCN(c6nc7c(Nc8ccc(Oc9ccc%10c(c9)nnn%10C)c(C)c8)ncnc7cc6F)CC5)cc4OC)c3n2)CC1. The first-order valence-electron chi connectivity index (χ1n) is 26.3. The Bertz CT molecular complexity index is 4170. The number of rotatable bonds is 15. The second-order valence-electron chi connectivity index (χ2n) is 19.7. The highest BCUT2D eigenvalue weighted by atomic mass is 19.1. The van der Waals surface area contributed by atoms with Gasteiger partial charge in [0.05, 0.1) is 41.2 Å². The van der Waals surface area contributed by atoms with Crippen LogP contribution in [0.15, 0.2) is 123 Å². The van der Waals surface area contributed by atoms with Crippen molar-refractivity contribution in [3.05, 3.63) is 145 Å². The van der Waals surface area contributed by atoms with Gasteiger partial charge in [0.25, 0.3) is 0 Å². The van der Waals surface area contributed by atoms with Crippen LogP contribution in [0.3, 0.4) is 0 Å². The molecule has 0 saturated carbocycles. The summed E-state index contributed by atoms with van der Waals surface area (Å²) in [5.74, 6) is 2.66. The monoisotopic (exact) mass is 1110 g/mol. The van der Waals surface area contributed by atoms with Gasteiger partial charge < -0.3 is 49.0 Å². The van der Waals surface area contributed by atoms with Crippen molar-refractivity contribution < 1.29 is 32.6 Å². The van der Waals surface area contributed by atoms with Gasteiger partial charge in [-0.05, 0) is 79.6 Å². The summed E-state index contributed by atoms with van der Waals surface area (Å²) >= 11 is 0. The summed E-state index contributed by atoms with van der Waals surface area (Å²) < 4.78 is 53.2. The van der Waals surface area contributed by atoms with E-state index in [1.54, 1.807) is 42.2 Å². The topological polar surface area (TPSA) is 225 Å². The zero-order valence-corrected chi connectivity index (χ0v) is 45.0. The molecular weight excluding hydrogens is 1050 g/mol. The lowest BCUT2D eigenvalue weighted by molar-refractivity contribution is -0.127. The van der Waals surface area contributed by atoms with Crippen molar-refractivity contribution in [2.24, 2.45) is 7.05 Å². The number of amides is 2. The van der Waals surface area contributed by atoms with E-state index in [1.165, 1.54) is 50.4 Å². The molecule has 2 amide bonds. The number of nitrogens with one attached hydrogen (secondary N) is 2. The van der Waals surface area contributed by atoms with Gasteiger partial charge in [0.15, 0.2) is 29.1 Å². The first kappa shape index (κ1) is 52.3. The summed E-state index contributed by atoms with van der Waals surface area (Å²) in [4.78, 5) is 64.7. The van der Waals surface area contributed by atoms with E-state index < -0.39 is 11.6 Å². The van der Waals surface area contributed by atoms with Gasteiger partial charge >= 0.3 is 0 Å². The van der Waals surface area contributed by atoms with Crippen LogP contribution in [0.25, 0.3) is 44.1 Å². The molecule has 0 radical (unpaired) electrons. The van der Waals surface area contributed by atoms with Crippen LogP contribution in [0.1, 0.15) is 11.1 Å². The Kier molecular flexibility index (Phi) is 14.1. The summed E-state index contributed by atoms with van der Waals surface area (Å²) in [6.45, 7) is 11.2. The largest absolute Gasteiger partial charge is 0.494 e. The lowest BCUT2D eigenvalue weighted by Gasteiger charge is -2.35. The summed E-state index contributed by atoms with van der Waals surface area (Å²) in [7, 11) is 3.37. The summed E-state index contributed by atoms with van der Waals surface area (Å²) in [6.07, 6.45) is 8.76. The van der Waals surface area contributed by atoms with E-state index in [2.05, 4.69) is 57.3 Å². The van der Waals surface area contributed by atoms with Gasteiger partial charge in [-0.1, -0.05) is 17.9 Å². The van der Waals surface area contributed by atoms with Gasteiger partial charge in [-0.2, -0.15) is 0 Å². The second-order valence-corrected chi connectivity index (χ2v) is 19.7. The van der Waals surface area contributed by atoms with Crippen LogP contribution in [0.2, 0.25) is 0 Å². The number of aryl methyl sites for hydroxylation is 3. The Morgan fingerprint density at radius 3 is 2.13 bits per heavy atom. The molecule has 2 aliphatic heterocycles. The number of halogens is 2. The molecule has 414 valence electrons. The molecular formula is C58H53F2N17O5. The van der Waals surface area contributed by atoms with Crippen LogP contribution in [-0.2, 0) is 23.2 Å². The van der Waals surface area contributed by atoms with Crippen molar-refractivity contribution in [3.63, 3.8) is 0 Å². The Morgan fingerprint density at radius 1 is 0.659 bits per heavy atom. The van der Waals surface area contributed by atoms with Crippen molar-refractivity contribution in [1.29, 1.82) is 0 Å². The van der Waals surface area contributed by atoms with Crippen LogP contribution in [0, 0.1) is 25.5 Å². The van der Waals surface area contributed by atoms with Gasteiger partial charge in [-0.3, -0.25) is 9.59 Å². The first-order chi connectivity index (χ1) is 39.9. The molecule has 0 bridgehead atoms. The molecule has 8 heterocycles. The van der Waals surface area contributed by atoms with E-state index in [1.807, 2.05) is 75.5 Å². The Balaban J connectivity index is 0.663. The molecule has 0 atom stereocenters. The summed E-state index contributed by atoms with van der Waals surface area (Å²) in [5.41, 5.74) is 7.01. The van der Waals surface area contributed by atoms with Crippen LogP contribution in [-0.4, -0.2) is 136 Å². The predicted molar refractivity (Wildman–Crippen MR) is 305 cm³/mol. The van der Waals surface area contributed by atoms with Gasteiger partial charge in [0, 0.05) is 108 Å². The van der Waals surface area contributed by atoms with Crippen molar-refractivity contribution in [2.75, 3.05) is 79.9 Å². The standard InChI is InChI=1S/C58H53F2N17O5/c1-6-51(78)74-18-16-73(17-19-74)50-14-11-41-53(68-50)57(64-31-61-41)67-43-25-35(3)48(30-49(43)80-5)82-38-26-39(59)55-45(28-38)65-33-77(55)15-7-8-52(79)75-20-22-76(23-21-75)58-40(60)29-44-54(69-58)56(63-32-62-44)66-36-9-13-47(34(2)24-36)81-37-10-12-46-42(27-37)70-71-72(46)4/h6-14,24-33H,1,15-23H2,2-5H3,(H,61,64,67)(H,62,63,66)/b8-7+. The number of carbonyl (C=O) groups is 2. The number of anilines is 6. The van der Waals surface area contributed by atoms with Gasteiger partial charge in [-0.15, -0.1) is 5.10 Å². The van der Waals surface area contributed by atoms with Gasteiger partial charge in [0.2, 0.25) is 11.8 Å². The van der Waals surface area contributed by atoms with Crippen molar-refractivity contribution in [1.82, 2.24) is 64.2 Å². The van der Waals surface area contributed by atoms with E-state index in [9.17, 15) is 9.59 Å². The number of allylic oxidation sites excluding steroid dienone is 1. The maximum atomic E-state index is 16.0. The van der Waals surface area contributed by atoms with Gasteiger partial charge in [-0.25, -0.2) is 48.4 Å².